The van der Waals surface area contributed by atoms with Crippen molar-refractivity contribution in [2.24, 2.45) is 0 Å². The molecule has 1 aromatic rings. The van der Waals surface area contributed by atoms with Crippen LogP contribution < -0.4 is 10.6 Å². The monoisotopic (exact) mass is 220 g/mol. The SMILES string of the molecule is Nc1ccc2c(c1)CCC(=O)N2CCCO. The lowest BCUT2D eigenvalue weighted by Crippen LogP contribution is -2.36. The summed E-state index contributed by atoms with van der Waals surface area (Å²) in [6, 6.07) is 5.62. The zero-order chi connectivity index (χ0) is 11.5. The van der Waals surface area contributed by atoms with E-state index in [0.29, 0.717) is 19.4 Å². The molecule has 2 rings (SSSR count). The molecular formula is C12H16N2O2. The molecule has 86 valence electrons. The minimum atomic E-state index is 0.105. The number of nitrogen functional groups attached to an aromatic ring is 1. The van der Waals surface area contributed by atoms with Crippen molar-refractivity contribution in [1.29, 1.82) is 0 Å². The molecule has 1 amide bonds. The lowest BCUT2D eigenvalue weighted by atomic mass is 10.0. The third-order valence-electron chi connectivity index (χ3n) is 2.84. The van der Waals surface area contributed by atoms with Crippen molar-refractivity contribution in [2.75, 3.05) is 23.8 Å². The van der Waals surface area contributed by atoms with E-state index >= 15 is 0 Å². The van der Waals surface area contributed by atoms with Gasteiger partial charge >= 0.3 is 0 Å². The van der Waals surface area contributed by atoms with Gasteiger partial charge in [0.25, 0.3) is 0 Å². The van der Waals surface area contributed by atoms with Crippen LogP contribution in [-0.2, 0) is 11.2 Å². The Morgan fingerprint density at radius 1 is 1.38 bits per heavy atom. The Balaban J connectivity index is 2.29. The first-order chi connectivity index (χ1) is 7.72. The molecular weight excluding hydrogens is 204 g/mol. The smallest absolute Gasteiger partial charge is 0.227 e. The fraction of sp³-hybridized carbons (Fsp3) is 0.417. The number of benzene rings is 1. The molecule has 4 nitrogen and oxygen atoms in total. The summed E-state index contributed by atoms with van der Waals surface area (Å²) in [5, 5.41) is 8.82. The molecule has 0 fully saturated rings. The van der Waals surface area contributed by atoms with Crippen molar-refractivity contribution in [3.05, 3.63) is 23.8 Å². The largest absolute Gasteiger partial charge is 0.399 e. The van der Waals surface area contributed by atoms with Crippen LogP contribution in [-0.4, -0.2) is 24.2 Å². The lowest BCUT2D eigenvalue weighted by molar-refractivity contribution is -0.118. The van der Waals surface area contributed by atoms with E-state index in [2.05, 4.69) is 0 Å². The van der Waals surface area contributed by atoms with E-state index in [4.69, 9.17) is 10.8 Å². The van der Waals surface area contributed by atoms with Gasteiger partial charge in [0.05, 0.1) is 0 Å². The van der Waals surface area contributed by atoms with E-state index in [0.717, 1.165) is 23.4 Å². The third-order valence-corrected chi connectivity index (χ3v) is 2.84. The summed E-state index contributed by atoms with van der Waals surface area (Å²) in [6.45, 7) is 0.681. The summed E-state index contributed by atoms with van der Waals surface area (Å²) < 4.78 is 0. The molecule has 0 atom stereocenters. The second-order valence-electron chi connectivity index (χ2n) is 4.01. The van der Waals surface area contributed by atoms with Gasteiger partial charge in [-0.05, 0) is 36.6 Å². The summed E-state index contributed by atoms with van der Waals surface area (Å²) in [6.07, 6.45) is 1.90. The molecule has 0 spiro atoms. The Labute approximate surface area is 94.7 Å². The molecule has 1 aromatic carbocycles. The van der Waals surface area contributed by atoms with E-state index in [1.807, 2.05) is 18.2 Å². The molecule has 4 heteroatoms. The molecule has 0 bridgehead atoms. The fourth-order valence-electron chi connectivity index (χ4n) is 2.05. The zero-order valence-corrected chi connectivity index (χ0v) is 9.15. The first-order valence-corrected chi connectivity index (χ1v) is 5.52. The average Bonchev–Trinajstić information content (AvgIpc) is 2.28. The van der Waals surface area contributed by atoms with Gasteiger partial charge < -0.3 is 15.7 Å². The van der Waals surface area contributed by atoms with Crippen LogP contribution in [0.25, 0.3) is 0 Å². The molecule has 3 N–H and O–H groups in total. The quantitative estimate of drug-likeness (QED) is 0.745. The minimum Gasteiger partial charge on any atom is -0.399 e. The standard InChI is InChI=1S/C12H16N2O2/c13-10-3-4-11-9(8-10)2-5-12(16)14(11)6-1-7-15/h3-4,8,15H,1-2,5-7,13H2. The van der Waals surface area contributed by atoms with Gasteiger partial charge in [-0.15, -0.1) is 0 Å². The number of aryl methyl sites for hydroxylation is 1. The number of anilines is 2. The van der Waals surface area contributed by atoms with E-state index in [1.165, 1.54) is 0 Å². The molecule has 0 saturated carbocycles. The minimum absolute atomic E-state index is 0.105. The van der Waals surface area contributed by atoms with Crippen molar-refractivity contribution in [1.82, 2.24) is 0 Å². The van der Waals surface area contributed by atoms with Crippen molar-refractivity contribution >= 4 is 17.3 Å². The lowest BCUT2D eigenvalue weighted by Gasteiger charge is -2.29. The maximum absolute atomic E-state index is 11.8. The number of carbonyl (C=O) groups excluding carboxylic acids is 1. The summed E-state index contributed by atoms with van der Waals surface area (Å²) in [7, 11) is 0. The van der Waals surface area contributed by atoms with Gasteiger partial charge in [0.2, 0.25) is 5.91 Å². The first kappa shape index (κ1) is 11.0. The van der Waals surface area contributed by atoms with Gasteiger partial charge in [-0.2, -0.15) is 0 Å². The Kier molecular flexibility index (Phi) is 3.10. The third kappa shape index (κ3) is 2.02. The molecule has 0 aromatic heterocycles. The topological polar surface area (TPSA) is 66.6 Å². The van der Waals surface area contributed by atoms with E-state index in [-0.39, 0.29) is 12.5 Å². The Hall–Kier alpha value is -1.55. The second kappa shape index (κ2) is 4.53. The van der Waals surface area contributed by atoms with Crippen molar-refractivity contribution in [3.63, 3.8) is 0 Å². The van der Waals surface area contributed by atoms with Crippen LogP contribution in [0.5, 0.6) is 0 Å². The van der Waals surface area contributed by atoms with Crippen LogP contribution in [0.1, 0.15) is 18.4 Å². The highest BCUT2D eigenvalue weighted by molar-refractivity contribution is 5.96. The highest BCUT2D eigenvalue weighted by Gasteiger charge is 2.23. The number of aliphatic hydroxyl groups is 1. The number of carbonyl (C=O) groups is 1. The summed E-state index contributed by atoms with van der Waals surface area (Å²) in [5.74, 6) is 0.130. The fourth-order valence-corrected chi connectivity index (χ4v) is 2.05. The van der Waals surface area contributed by atoms with E-state index < -0.39 is 0 Å². The maximum Gasteiger partial charge on any atom is 0.227 e. The summed E-state index contributed by atoms with van der Waals surface area (Å²) >= 11 is 0. The first-order valence-electron chi connectivity index (χ1n) is 5.52. The van der Waals surface area contributed by atoms with Gasteiger partial charge in [0.1, 0.15) is 0 Å². The van der Waals surface area contributed by atoms with Gasteiger partial charge in [0.15, 0.2) is 0 Å². The molecule has 1 aliphatic rings. The van der Waals surface area contributed by atoms with Crippen LogP contribution in [0.15, 0.2) is 18.2 Å². The van der Waals surface area contributed by atoms with Gasteiger partial charge in [-0.25, -0.2) is 0 Å². The van der Waals surface area contributed by atoms with Crippen LogP contribution in [0, 0.1) is 0 Å². The number of amides is 1. The predicted molar refractivity (Wildman–Crippen MR) is 63.2 cm³/mol. The van der Waals surface area contributed by atoms with Crippen molar-refractivity contribution in [3.8, 4) is 0 Å². The molecule has 1 aliphatic heterocycles. The number of hydrogen-bond donors (Lipinski definition) is 2. The highest BCUT2D eigenvalue weighted by atomic mass is 16.3. The van der Waals surface area contributed by atoms with Gasteiger partial charge in [-0.3, -0.25) is 4.79 Å². The van der Waals surface area contributed by atoms with Crippen molar-refractivity contribution in [2.45, 2.75) is 19.3 Å². The molecule has 16 heavy (non-hydrogen) atoms. The maximum atomic E-state index is 11.8. The number of fused-ring (bicyclic) bond motifs is 1. The van der Waals surface area contributed by atoms with Gasteiger partial charge in [0, 0.05) is 30.9 Å². The normalized spacial score (nSPS) is 15.1. The number of aliphatic hydroxyl groups excluding tert-OH is 1. The van der Waals surface area contributed by atoms with Crippen LogP contribution in [0.2, 0.25) is 0 Å². The van der Waals surface area contributed by atoms with Crippen LogP contribution >= 0.6 is 0 Å². The molecule has 1 heterocycles. The molecule has 0 radical (unpaired) electrons. The number of nitrogens with two attached hydrogens (primary N) is 1. The van der Waals surface area contributed by atoms with Crippen molar-refractivity contribution < 1.29 is 9.90 Å². The van der Waals surface area contributed by atoms with Crippen LogP contribution in [0.3, 0.4) is 0 Å². The number of rotatable bonds is 3. The zero-order valence-electron chi connectivity index (χ0n) is 9.15. The molecule has 0 aliphatic carbocycles. The molecule has 0 saturated heterocycles. The Morgan fingerprint density at radius 3 is 2.94 bits per heavy atom. The number of nitrogens with zero attached hydrogens (tertiary/aromatic N) is 1. The van der Waals surface area contributed by atoms with Crippen LogP contribution in [0.4, 0.5) is 11.4 Å². The second-order valence-corrected chi connectivity index (χ2v) is 4.01. The predicted octanol–water partition coefficient (Wildman–Crippen LogP) is 0.930. The average molecular weight is 220 g/mol. The van der Waals surface area contributed by atoms with E-state index in [1.54, 1.807) is 4.90 Å². The number of hydrogen-bond acceptors (Lipinski definition) is 3. The van der Waals surface area contributed by atoms with Gasteiger partial charge in [-0.1, -0.05) is 0 Å². The Bertz CT molecular complexity index is 404. The summed E-state index contributed by atoms with van der Waals surface area (Å²) in [5.41, 5.74) is 8.52. The summed E-state index contributed by atoms with van der Waals surface area (Å²) in [4.78, 5) is 13.5. The van der Waals surface area contributed by atoms with E-state index in [9.17, 15) is 4.79 Å². The highest BCUT2D eigenvalue weighted by Crippen LogP contribution is 2.29. The molecule has 0 unspecified atom stereocenters. The Morgan fingerprint density at radius 2 is 2.19 bits per heavy atom.